The fourth-order valence-corrected chi connectivity index (χ4v) is 3.24. The van der Waals surface area contributed by atoms with E-state index in [1.54, 1.807) is 18.5 Å². The number of nitrogens with zero attached hydrogens (tertiary/aromatic N) is 3. The van der Waals surface area contributed by atoms with Crippen molar-refractivity contribution in [3.8, 4) is 11.5 Å². The molecule has 0 aliphatic heterocycles. The molecule has 0 amide bonds. The lowest BCUT2D eigenvalue weighted by molar-refractivity contribution is 0.0600. The van der Waals surface area contributed by atoms with Gasteiger partial charge >= 0.3 is 5.97 Å². The Kier molecular flexibility index (Phi) is 6.31. The Morgan fingerprint density at radius 3 is 2.55 bits per heavy atom. The number of esters is 1. The highest BCUT2D eigenvalue weighted by Gasteiger charge is 2.25. The number of hydrogen-bond acceptors (Lipinski definition) is 7. The standard InChI is InChI=1S/C24H25N3O4/c1-3-30-23-12-20(7-10-22(23)31-21-8-9-21)27(15-17-13-25-16-26-14-17)19-6-4-5-18(11-19)24(28)29-2/h4-7,10-14,16,21H,3,8-9,15H2,1-2H3. The predicted octanol–water partition coefficient (Wildman–Crippen LogP) is 4.54. The van der Waals surface area contributed by atoms with E-state index in [2.05, 4.69) is 14.9 Å². The van der Waals surface area contributed by atoms with Crippen LogP contribution in [0.3, 0.4) is 0 Å². The Labute approximate surface area is 181 Å². The van der Waals surface area contributed by atoms with Crippen LogP contribution in [-0.4, -0.2) is 35.8 Å². The smallest absolute Gasteiger partial charge is 0.337 e. The molecule has 1 aromatic heterocycles. The summed E-state index contributed by atoms with van der Waals surface area (Å²) in [6.45, 7) is 3.00. The molecule has 1 fully saturated rings. The zero-order chi connectivity index (χ0) is 21.6. The van der Waals surface area contributed by atoms with E-state index in [0.717, 1.165) is 35.5 Å². The highest BCUT2D eigenvalue weighted by molar-refractivity contribution is 5.90. The Morgan fingerprint density at radius 1 is 1.06 bits per heavy atom. The molecule has 0 unspecified atom stereocenters. The minimum Gasteiger partial charge on any atom is -0.490 e. The van der Waals surface area contributed by atoms with Crippen molar-refractivity contribution in [3.63, 3.8) is 0 Å². The summed E-state index contributed by atoms with van der Waals surface area (Å²) in [6.07, 6.45) is 7.49. The van der Waals surface area contributed by atoms with E-state index < -0.39 is 0 Å². The lowest BCUT2D eigenvalue weighted by Crippen LogP contribution is -2.17. The third-order valence-electron chi connectivity index (χ3n) is 4.89. The number of hydrogen-bond donors (Lipinski definition) is 0. The van der Waals surface area contributed by atoms with Crippen LogP contribution in [0.1, 0.15) is 35.7 Å². The molecule has 1 saturated carbocycles. The monoisotopic (exact) mass is 419 g/mol. The van der Waals surface area contributed by atoms with Gasteiger partial charge in [0.2, 0.25) is 0 Å². The quantitative estimate of drug-likeness (QED) is 0.471. The minimum absolute atomic E-state index is 0.277. The van der Waals surface area contributed by atoms with Crippen LogP contribution in [0.25, 0.3) is 0 Å². The number of benzene rings is 2. The Bertz CT molecular complexity index is 1040. The largest absolute Gasteiger partial charge is 0.490 e. The van der Waals surface area contributed by atoms with Crippen molar-refractivity contribution in [3.05, 3.63) is 72.3 Å². The van der Waals surface area contributed by atoms with Gasteiger partial charge in [-0.05, 0) is 50.1 Å². The summed E-state index contributed by atoms with van der Waals surface area (Å²) >= 11 is 0. The molecule has 3 aromatic rings. The van der Waals surface area contributed by atoms with Crippen molar-refractivity contribution in [1.29, 1.82) is 0 Å². The summed E-state index contributed by atoms with van der Waals surface area (Å²) in [7, 11) is 1.38. The number of carbonyl (C=O) groups excluding carboxylic acids is 1. The average Bonchev–Trinajstić information content (AvgIpc) is 3.63. The molecule has 31 heavy (non-hydrogen) atoms. The van der Waals surface area contributed by atoms with E-state index >= 15 is 0 Å². The number of aromatic nitrogens is 2. The molecule has 1 aliphatic carbocycles. The van der Waals surface area contributed by atoms with Gasteiger partial charge in [0.25, 0.3) is 0 Å². The second-order valence-corrected chi connectivity index (χ2v) is 7.26. The third-order valence-corrected chi connectivity index (χ3v) is 4.89. The van der Waals surface area contributed by atoms with Crippen molar-refractivity contribution in [2.24, 2.45) is 0 Å². The molecular formula is C24H25N3O4. The van der Waals surface area contributed by atoms with Crippen molar-refractivity contribution in [1.82, 2.24) is 9.97 Å². The normalized spacial score (nSPS) is 12.8. The first-order valence-electron chi connectivity index (χ1n) is 10.3. The van der Waals surface area contributed by atoms with Gasteiger partial charge in [-0.15, -0.1) is 0 Å². The second-order valence-electron chi connectivity index (χ2n) is 7.26. The third kappa shape index (κ3) is 5.12. The van der Waals surface area contributed by atoms with Gasteiger partial charge in [0.15, 0.2) is 11.5 Å². The summed E-state index contributed by atoms with van der Waals surface area (Å²) in [6, 6.07) is 13.2. The van der Waals surface area contributed by atoms with Gasteiger partial charge in [-0.3, -0.25) is 0 Å². The first-order chi connectivity index (χ1) is 15.2. The van der Waals surface area contributed by atoms with Crippen LogP contribution >= 0.6 is 0 Å². The van der Waals surface area contributed by atoms with Gasteiger partial charge in [0.05, 0.1) is 31.9 Å². The van der Waals surface area contributed by atoms with E-state index in [0.29, 0.717) is 24.5 Å². The minimum atomic E-state index is -0.381. The maximum Gasteiger partial charge on any atom is 0.337 e. The molecule has 0 atom stereocenters. The lowest BCUT2D eigenvalue weighted by Gasteiger charge is -2.26. The van der Waals surface area contributed by atoms with Gasteiger partial charge in [0.1, 0.15) is 6.33 Å². The van der Waals surface area contributed by atoms with Crippen molar-refractivity contribution >= 4 is 17.3 Å². The SMILES string of the molecule is CCOc1cc(N(Cc2cncnc2)c2cccc(C(=O)OC)c2)ccc1OC1CC1. The topological polar surface area (TPSA) is 73.8 Å². The molecule has 0 spiro atoms. The molecular weight excluding hydrogens is 394 g/mol. The zero-order valence-electron chi connectivity index (χ0n) is 17.7. The van der Waals surface area contributed by atoms with Gasteiger partial charge < -0.3 is 19.1 Å². The average molecular weight is 419 g/mol. The maximum absolute atomic E-state index is 12.1. The van der Waals surface area contributed by atoms with Crippen LogP contribution in [0.4, 0.5) is 11.4 Å². The maximum atomic E-state index is 12.1. The number of rotatable bonds is 9. The van der Waals surface area contributed by atoms with E-state index in [1.807, 2.05) is 43.3 Å². The van der Waals surface area contributed by atoms with Crippen molar-refractivity contribution in [2.75, 3.05) is 18.6 Å². The van der Waals surface area contributed by atoms with Crippen molar-refractivity contribution in [2.45, 2.75) is 32.4 Å². The van der Waals surface area contributed by atoms with Gasteiger partial charge in [0, 0.05) is 35.4 Å². The predicted molar refractivity (Wildman–Crippen MR) is 117 cm³/mol. The number of ether oxygens (including phenoxy) is 3. The van der Waals surface area contributed by atoms with Crippen LogP contribution < -0.4 is 14.4 Å². The van der Waals surface area contributed by atoms with E-state index in [9.17, 15) is 4.79 Å². The van der Waals surface area contributed by atoms with E-state index in [4.69, 9.17) is 14.2 Å². The first kappa shape index (κ1) is 20.7. The lowest BCUT2D eigenvalue weighted by atomic mass is 10.1. The number of methoxy groups -OCH3 is 1. The van der Waals surface area contributed by atoms with Gasteiger partial charge in [-0.2, -0.15) is 0 Å². The molecule has 0 radical (unpaired) electrons. The molecule has 0 saturated heterocycles. The Morgan fingerprint density at radius 2 is 1.84 bits per heavy atom. The molecule has 1 heterocycles. The van der Waals surface area contributed by atoms with Crippen LogP contribution in [0.15, 0.2) is 61.2 Å². The summed E-state index contributed by atoms with van der Waals surface area (Å²) in [5, 5.41) is 0. The van der Waals surface area contributed by atoms with Crippen LogP contribution in [-0.2, 0) is 11.3 Å². The van der Waals surface area contributed by atoms with Crippen LogP contribution in [0.5, 0.6) is 11.5 Å². The molecule has 2 aromatic carbocycles. The molecule has 0 bridgehead atoms. The second kappa shape index (κ2) is 9.47. The van der Waals surface area contributed by atoms with Gasteiger partial charge in [-0.25, -0.2) is 14.8 Å². The zero-order valence-corrected chi connectivity index (χ0v) is 17.7. The molecule has 7 nitrogen and oxygen atoms in total. The molecule has 4 rings (SSSR count). The first-order valence-corrected chi connectivity index (χ1v) is 10.3. The highest BCUT2D eigenvalue weighted by atomic mass is 16.5. The molecule has 1 aliphatic rings. The molecule has 7 heteroatoms. The molecule has 0 N–H and O–H groups in total. The Hall–Kier alpha value is -3.61. The number of anilines is 2. The van der Waals surface area contributed by atoms with Crippen LogP contribution in [0.2, 0.25) is 0 Å². The molecule has 160 valence electrons. The summed E-state index contributed by atoms with van der Waals surface area (Å²) in [5.41, 5.74) is 3.15. The van der Waals surface area contributed by atoms with Crippen LogP contribution in [0, 0.1) is 0 Å². The van der Waals surface area contributed by atoms with Gasteiger partial charge in [-0.1, -0.05) is 6.07 Å². The number of carbonyl (C=O) groups is 1. The van der Waals surface area contributed by atoms with Crippen molar-refractivity contribution < 1.29 is 19.0 Å². The summed E-state index contributed by atoms with van der Waals surface area (Å²) < 4.78 is 16.8. The summed E-state index contributed by atoms with van der Waals surface area (Å²) in [5.74, 6) is 1.07. The van der Waals surface area contributed by atoms with E-state index in [-0.39, 0.29) is 12.1 Å². The highest BCUT2D eigenvalue weighted by Crippen LogP contribution is 2.38. The summed E-state index contributed by atoms with van der Waals surface area (Å²) in [4.78, 5) is 22.4. The Balaban J connectivity index is 1.73. The fourth-order valence-electron chi connectivity index (χ4n) is 3.24. The van der Waals surface area contributed by atoms with E-state index in [1.165, 1.54) is 13.4 Å². The fraction of sp³-hybridized carbons (Fsp3) is 0.292.